The maximum atomic E-state index is 12.6. The van der Waals surface area contributed by atoms with Gasteiger partial charge in [0.05, 0.1) is 13.2 Å². The smallest absolute Gasteiger partial charge is 0.462 e. The third-order valence-corrected chi connectivity index (χ3v) is 10.3. The van der Waals surface area contributed by atoms with Crippen LogP contribution in [0.1, 0.15) is 142 Å². The second-order valence-corrected chi connectivity index (χ2v) is 17.0. The van der Waals surface area contributed by atoms with Crippen molar-refractivity contribution < 1.29 is 37.6 Å². The van der Waals surface area contributed by atoms with Gasteiger partial charge in [-0.25, -0.2) is 4.57 Å². The van der Waals surface area contributed by atoms with E-state index in [9.17, 15) is 19.0 Å². The van der Waals surface area contributed by atoms with Crippen LogP contribution >= 0.6 is 7.82 Å². The molecule has 0 rings (SSSR count). The largest absolute Gasteiger partial charge is 0.472 e. The number of carbonyl (C=O) groups excluding carboxylic acids is 2. The van der Waals surface area contributed by atoms with Crippen LogP contribution in [0.25, 0.3) is 0 Å². The first-order valence-corrected chi connectivity index (χ1v) is 26.8. The minimum Gasteiger partial charge on any atom is -0.462 e. The quantitative estimate of drug-likeness (QED) is 0.0265. The van der Waals surface area contributed by atoms with Crippen molar-refractivity contribution in [3.63, 3.8) is 0 Å². The number of phosphoric acid groups is 1. The third-order valence-electron chi connectivity index (χ3n) is 9.30. The monoisotopic (exact) mass is 970 g/mol. The summed E-state index contributed by atoms with van der Waals surface area (Å²) >= 11 is 0. The Balaban J connectivity index is 4.33. The van der Waals surface area contributed by atoms with Crippen molar-refractivity contribution >= 4 is 19.8 Å². The number of rotatable bonds is 44. The summed E-state index contributed by atoms with van der Waals surface area (Å²) in [5.41, 5.74) is 5.35. The summed E-state index contributed by atoms with van der Waals surface area (Å²) in [6.45, 7) is 3.31. The van der Waals surface area contributed by atoms with Gasteiger partial charge >= 0.3 is 19.8 Å². The fourth-order valence-corrected chi connectivity index (χ4v) is 6.42. The molecular weight excluding hydrogens is 882 g/mol. The highest BCUT2D eigenvalue weighted by molar-refractivity contribution is 7.47. The summed E-state index contributed by atoms with van der Waals surface area (Å²) < 4.78 is 32.7. The van der Waals surface area contributed by atoms with E-state index in [0.717, 1.165) is 96.3 Å². The van der Waals surface area contributed by atoms with Crippen LogP contribution < -0.4 is 5.73 Å². The van der Waals surface area contributed by atoms with E-state index in [1.807, 2.05) is 18.2 Å². The number of carbonyl (C=O) groups is 2. The highest BCUT2D eigenvalue weighted by atomic mass is 31.2. The van der Waals surface area contributed by atoms with E-state index in [1.54, 1.807) is 0 Å². The molecule has 0 aliphatic heterocycles. The van der Waals surface area contributed by atoms with Crippen LogP contribution in [0.15, 0.2) is 182 Å². The Kier molecular flexibility index (Phi) is 48.8. The first kappa shape index (κ1) is 64.1. The predicted molar refractivity (Wildman–Crippen MR) is 292 cm³/mol. The van der Waals surface area contributed by atoms with Gasteiger partial charge in [-0.1, -0.05) is 196 Å². The molecule has 0 spiro atoms. The molecule has 0 aliphatic carbocycles. The molecule has 2 atom stereocenters. The number of allylic oxidation sites excluding steroid dienone is 30. The van der Waals surface area contributed by atoms with E-state index < -0.39 is 32.5 Å². The second-order valence-electron chi connectivity index (χ2n) is 15.6. The molecule has 0 aromatic rings. The van der Waals surface area contributed by atoms with Gasteiger partial charge < -0.3 is 20.1 Å². The zero-order chi connectivity index (χ0) is 50.2. The molecule has 0 saturated carbocycles. The highest BCUT2D eigenvalue weighted by Gasteiger charge is 2.25. The number of esters is 2. The molecule has 0 radical (unpaired) electrons. The van der Waals surface area contributed by atoms with Gasteiger partial charge in [0.1, 0.15) is 6.61 Å². The van der Waals surface area contributed by atoms with Crippen LogP contribution in [0, 0.1) is 0 Å². The van der Waals surface area contributed by atoms with E-state index in [2.05, 4.69) is 178 Å². The Morgan fingerprint density at radius 3 is 1.09 bits per heavy atom. The predicted octanol–water partition coefficient (Wildman–Crippen LogP) is 15.7. The summed E-state index contributed by atoms with van der Waals surface area (Å²) in [4.78, 5) is 35.0. The molecule has 10 heteroatoms. The Labute approximate surface area is 418 Å². The number of nitrogens with two attached hydrogens (primary N) is 1. The lowest BCUT2D eigenvalue weighted by molar-refractivity contribution is -0.161. The van der Waals surface area contributed by atoms with Gasteiger partial charge in [-0.15, -0.1) is 0 Å². The van der Waals surface area contributed by atoms with Gasteiger partial charge in [-0.05, 0) is 116 Å². The van der Waals surface area contributed by atoms with Crippen LogP contribution in [0.5, 0.6) is 0 Å². The highest BCUT2D eigenvalue weighted by Crippen LogP contribution is 2.43. The lowest BCUT2D eigenvalue weighted by Crippen LogP contribution is -2.29. The van der Waals surface area contributed by atoms with Crippen LogP contribution in [0.4, 0.5) is 0 Å². The van der Waals surface area contributed by atoms with Gasteiger partial charge in [0.25, 0.3) is 0 Å². The van der Waals surface area contributed by atoms with Gasteiger partial charge in [0.2, 0.25) is 0 Å². The molecule has 0 fully saturated rings. The number of ether oxygens (including phenoxy) is 2. The van der Waals surface area contributed by atoms with Crippen molar-refractivity contribution in [1.29, 1.82) is 0 Å². The molecule has 3 N–H and O–H groups in total. The molecule has 0 saturated heterocycles. The van der Waals surface area contributed by atoms with Crippen molar-refractivity contribution in [3.05, 3.63) is 182 Å². The van der Waals surface area contributed by atoms with Crippen LogP contribution in [-0.2, 0) is 32.7 Å². The Bertz CT molecular complexity index is 1770. The fraction of sp³-hybridized carbons (Fsp3) is 0.458. The zero-order valence-electron chi connectivity index (χ0n) is 42.2. The molecule has 2 unspecified atom stereocenters. The maximum absolute atomic E-state index is 12.6. The van der Waals surface area contributed by atoms with Crippen LogP contribution in [0.3, 0.4) is 0 Å². The number of hydrogen-bond donors (Lipinski definition) is 2. The van der Waals surface area contributed by atoms with Gasteiger partial charge in [-0.3, -0.25) is 18.6 Å². The van der Waals surface area contributed by atoms with E-state index >= 15 is 0 Å². The molecule has 0 heterocycles. The number of phosphoric ester groups is 1. The molecule has 0 amide bonds. The Morgan fingerprint density at radius 2 is 0.754 bits per heavy atom. The molecular formula is C59H88NO8P. The molecule has 0 aliphatic rings. The van der Waals surface area contributed by atoms with Crippen molar-refractivity contribution in [2.24, 2.45) is 5.73 Å². The molecule has 0 aromatic carbocycles. The van der Waals surface area contributed by atoms with Crippen molar-refractivity contribution in [3.8, 4) is 0 Å². The van der Waals surface area contributed by atoms with Crippen molar-refractivity contribution in [1.82, 2.24) is 0 Å². The topological polar surface area (TPSA) is 134 Å². The minimum absolute atomic E-state index is 0.0229. The van der Waals surface area contributed by atoms with Crippen LogP contribution in [-0.4, -0.2) is 49.3 Å². The fourth-order valence-electron chi connectivity index (χ4n) is 5.66. The summed E-state index contributed by atoms with van der Waals surface area (Å²) in [6, 6.07) is 0. The third kappa shape index (κ3) is 52.3. The summed E-state index contributed by atoms with van der Waals surface area (Å²) in [5, 5.41) is 0. The summed E-state index contributed by atoms with van der Waals surface area (Å²) in [7, 11) is -4.43. The van der Waals surface area contributed by atoms with E-state index in [4.69, 9.17) is 24.3 Å². The minimum atomic E-state index is -4.43. The van der Waals surface area contributed by atoms with E-state index in [1.165, 1.54) is 0 Å². The molecule has 382 valence electrons. The van der Waals surface area contributed by atoms with E-state index in [-0.39, 0.29) is 32.6 Å². The molecule has 0 bridgehead atoms. The second kappa shape index (κ2) is 52.5. The number of hydrogen-bond acceptors (Lipinski definition) is 8. The average Bonchev–Trinajstić information content (AvgIpc) is 3.34. The Morgan fingerprint density at radius 1 is 0.435 bits per heavy atom. The van der Waals surface area contributed by atoms with Gasteiger partial charge in [0.15, 0.2) is 6.10 Å². The van der Waals surface area contributed by atoms with Crippen molar-refractivity contribution in [2.75, 3.05) is 26.4 Å². The summed E-state index contributed by atoms with van der Waals surface area (Å²) in [6.07, 6.45) is 79.5. The average molecular weight is 970 g/mol. The standard InChI is InChI=1S/C59H88NO8P/c1-3-5-7-9-11-13-15-17-19-21-23-24-25-26-27-28-29-30-31-32-34-36-38-40-42-44-46-48-50-52-59(62)68-57(56-67-69(63,64)66-54-53-60)55-65-58(61)51-49-47-45-43-41-39-37-35-33-22-20-18-16-14-12-10-8-6-4-2/h5-8,11-14,17-20,23-24,26-27,29-30,32-35,38-41,44-47,57H,3-4,9-10,15-16,21-22,25,28,31,36-37,42-43,48-56,60H2,1-2H3,(H,63,64)/b7-5-,8-6-,13-11-,14-12-,19-17-,20-18-,24-23-,27-26-,30-29-,34-32-,35-33-,40-38-,41-39-,46-44-,47-45-. The lowest BCUT2D eigenvalue weighted by atomic mass is 10.2. The maximum Gasteiger partial charge on any atom is 0.472 e. The van der Waals surface area contributed by atoms with Crippen LogP contribution in [0.2, 0.25) is 0 Å². The Hall–Kier alpha value is -4.89. The van der Waals surface area contributed by atoms with Gasteiger partial charge in [0, 0.05) is 19.4 Å². The normalized spacial score (nSPS) is 14.7. The molecule has 9 nitrogen and oxygen atoms in total. The first-order valence-electron chi connectivity index (χ1n) is 25.3. The zero-order valence-corrected chi connectivity index (χ0v) is 43.1. The van der Waals surface area contributed by atoms with E-state index in [0.29, 0.717) is 19.3 Å². The lowest BCUT2D eigenvalue weighted by Gasteiger charge is -2.19. The molecule has 0 aromatic heterocycles. The molecule has 69 heavy (non-hydrogen) atoms. The first-order chi connectivity index (χ1) is 33.8. The van der Waals surface area contributed by atoms with Crippen molar-refractivity contribution in [2.45, 2.75) is 148 Å². The van der Waals surface area contributed by atoms with Gasteiger partial charge in [-0.2, -0.15) is 0 Å². The number of unbranched alkanes of at least 4 members (excludes halogenated alkanes) is 1. The summed E-state index contributed by atoms with van der Waals surface area (Å²) in [5.74, 6) is -1.02. The SMILES string of the molecule is CC/C=C\C/C=C\C/C=C\C/C=C\C/C=C\C/C=C\C/C=C\C/C=C\C/C=C\CCCC(=O)OC(COC(=O)CC/C=C\C/C=C\C/C=C\C/C=C\C/C=C\C/C=C\CC)COP(=O)(O)OCCN.